The molecule has 4 nitrogen and oxygen atoms in total. The quantitative estimate of drug-likeness (QED) is 0.544. The molecular weight excluding hydrogens is 307 g/mol. The molecule has 5 heteroatoms. The summed E-state index contributed by atoms with van der Waals surface area (Å²) in [6.45, 7) is 1.85. The van der Waals surface area contributed by atoms with Crippen molar-refractivity contribution in [2.75, 3.05) is 13.1 Å². The SMILES string of the molecule is O=[N+]([O-])c1ccc(CCN(CCc2cccc(F)c2)C2CC2)cc1. The summed E-state index contributed by atoms with van der Waals surface area (Å²) in [5.41, 5.74) is 2.26. The second kappa shape index (κ2) is 7.53. The van der Waals surface area contributed by atoms with Crippen molar-refractivity contribution >= 4 is 5.69 Å². The molecule has 0 atom stereocenters. The molecule has 24 heavy (non-hydrogen) atoms. The molecule has 1 fully saturated rings. The number of nitro groups is 1. The zero-order valence-electron chi connectivity index (χ0n) is 13.5. The molecule has 0 bridgehead atoms. The van der Waals surface area contributed by atoms with Crippen LogP contribution in [0.3, 0.4) is 0 Å². The Balaban J connectivity index is 1.53. The van der Waals surface area contributed by atoms with E-state index in [0.717, 1.165) is 37.1 Å². The summed E-state index contributed by atoms with van der Waals surface area (Å²) < 4.78 is 13.3. The summed E-state index contributed by atoms with van der Waals surface area (Å²) >= 11 is 0. The number of benzene rings is 2. The van der Waals surface area contributed by atoms with Gasteiger partial charge in [-0.05, 0) is 48.9 Å². The van der Waals surface area contributed by atoms with Crippen LogP contribution in [0.15, 0.2) is 48.5 Å². The van der Waals surface area contributed by atoms with Crippen molar-refractivity contribution in [3.63, 3.8) is 0 Å². The van der Waals surface area contributed by atoms with Crippen molar-refractivity contribution in [3.8, 4) is 0 Å². The molecule has 0 radical (unpaired) electrons. The lowest BCUT2D eigenvalue weighted by Crippen LogP contribution is -2.30. The molecule has 0 amide bonds. The lowest BCUT2D eigenvalue weighted by Gasteiger charge is -2.22. The molecule has 126 valence electrons. The van der Waals surface area contributed by atoms with Crippen LogP contribution in [0.4, 0.5) is 10.1 Å². The molecule has 1 aliphatic rings. The number of halogens is 1. The highest BCUT2D eigenvalue weighted by atomic mass is 19.1. The van der Waals surface area contributed by atoms with Crippen molar-refractivity contribution in [3.05, 3.63) is 75.6 Å². The van der Waals surface area contributed by atoms with E-state index in [1.807, 2.05) is 18.2 Å². The maximum absolute atomic E-state index is 13.3. The van der Waals surface area contributed by atoms with Crippen LogP contribution in [-0.4, -0.2) is 29.0 Å². The predicted molar refractivity (Wildman–Crippen MR) is 91.5 cm³/mol. The Morgan fingerprint density at radius 1 is 1.04 bits per heavy atom. The zero-order chi connectivity index (χ0) is 16.9. The van der Waals surface area contributed by atoms with Crippen LogP contribution in [0.5, 0.6) is 0 Å². The van der Waals surface area contributed by atoms with Gasteiger partial charge in [0.05, 0.1) is 4.92 Å². The number of rotatable bonds is 8. The van der Waals surface area contributed by atoms with Gasteiger partial charge in [0.1, 0.15) is 5.82 Å². The normalized spacial score (nSPS) is 14.1. The van der Waals surface area contributed by atoms with Crippen molar-refractivity contribution in [1.29, 1.82) is 0 Å². The molecule has 1 aliphatic carbocycles. The topological polar surface area (TPSA) is 46.4 Å². The number of hydrogen-bond acceptors (Lipinski definition) is 3. The van der Waals surface area contributed by atoms with Crippen molar-refractivity contribution in [2.24, 2.45) is 0 Å². The first kappa shape index (κ1) is 16.6. The van der Waals surface area contributed by atoms with Crippen molar-refractivity contribution in [1.82, 2.24) is 4.90 Å². The van der Waals surface area contributed by atoms with Gasteiger partial charge in [0.2, 0.25) is 0 Å². The molecular formula is C19H21FN2O2. The van der Waals surface area contributed by atoms with Gasteiger partial charge < -0.3 is 0 Å². The third-order valence-corrected chi connectivity index (χ3v) is 4.47. The molecule has 0 aliphatic heterocycles. The van der Waals surface area contributed by atoms with Crippen LogP contribution in [0.25, 0.3) is 0 Å². The lowest BCUT2D eigenvalue weighted by molar-refractivity contribution is -0.384. The largest absolute Gasteiger partial charge is 0.300 e. The summed E-state index contributed by atoms with van der Waals surface area (Å²) in [5, 5.41) is 10.7. The molecule has 1 saturated carbocycles. The maximum atomic E-state index is 13.3. The number of nitrogens with zero attached hydrogens (tertiary/aromatic N) is 2. The van der Waals surface area contributed by atoms with E-state index in [-0.39, 0.29) is 16.4 Å². The first-order valence-corrected chi connectivity index (χ1v) is 8.33. The molecule has 0 heterocycles. The van der Waals surface area contributed by atoms with E-state index in [9.17, 15) is 14.5 Å². The zero-order valence-corrected chi connectivity index (χ0v) is 13.5. The fourth-order valence-electron chi connectivity index (χ4n) is 2.94. The van der Waals surface area contributed by atoms with Crippen LogP contribution in [-0.2, 0) is 12.8 Å². The van der Waals surface area contributed by atoms with E-state index in [1.165, 1.54) is 18.9 Å². The van der Waals surface area contributed by atoms with E-state index in [2.05, 4.69) is 4.90 Å². The van der Waals surface area contributed by atoms with Gasteiger partial charge in [-0.3, -0.25) is 15.0 Å². The van der Waals surface area contributed by atoms with Crippen LogP contribution in [0.2, 0.25) is 0 Å². The first-order valence-electron chi connectivity index (χ1n) is 8.33. The average molecular weight is 328 g/mol. The van der Waals surface area contributed by atoms with Gasteiger partial charge in [0.25, 0.3) is 5.69 Å². The third-order valence-electron chi connectivity index (χ3n) is 4.47. The second-order valence-electron chi connectivity index (χ2n) is 6.32. The van der Waals surface area contributed by atoms with Crippen LogP contribution >= 0.6 is 0 Å². The van der Waals surface area contributed by atoms with Gasteiger partial charge in [-0.1, -0.05) is 24.3 Å². The number of nitro benzene ring substituents is 1. The van der Waals surface area contributed by atoms with Crippen LogP contribution < -0.4 is 0 Å². The molecule has 0 N–H and O–H groups in total. The van der Waals surface area contributed by atoms with Crippen LogP contribution in [0, 0.1) is 15.9 Å². The van der Waals surface area contributed by atoms with Crippen LogP contribution in [0.1, 0.15) is 24.0 Å². The molecule has 0 unspecified atom stereocenters. The van der Waals surface area contributed by atoms with Gasteiger partial charge in [-0.15, -0.1) is 0 Å². The minimum absolute atomic E-state index is 0.129. The van der Waals surface area contributed by atoms with Gasteiger partial charge in [0, 0.05) is 31.3 Å². The van der Waals surface area contributed by atoms with Gasteiger partial charge in [-0.2, -0.15) is 0 Å². The highest BCUT2D eigenvalue weighted by molar-refractivity contribution is 5.33. The Morgan fingerprint density at radius 2 is 1.71 bits per heavy atom. The molecule has 0 aromatic heterocycles. The molecule has 0 saturated heterocycles. The minimum Gasteiger partial charge on any atom is -0.300 e. The summed E-state index contributed by atoms with van der Waals surface area (Å²) in [4.78, 5) is 12.8. The lowest BCUT2D eigenvalue weighted by atomic mass is 10.1. The Kier molecular flexibility index (Phi) is 5.20. The van der Waals surface area contributed by atoms with Crippen molar-refractivity contribution in [2.45, 2.75) is 31.7 Å². The Labute approximate surface area is 141 Å². The van der Waals surface area contributed by atoms with E-state index >= 15 is 0 Å². The maximum Gasteiger partial charge on any atom is 0.269 e. The Bertz CT molecular complexity index is 699. The van der Waals surface area contributed by atoms with Gasteiger partial charge in [-0.25, -0.2) is 4.39 Å². The minimum atomic E-state index is -0.376. The number of hydrogen-bond donors (Lipinski definition) is 0. The van der Waals surface area contributed by atoms with E-state index < -0.39 is 0 Å². The fourth-order valence-corrected chi connectivity index (χ4v) is 2.94. The molecule has 0 spiro atoms. The van der Waals surface area contributed by atoms with Gasteiger partial charge >= 0.3 is 0 Å². The summed E-state index contributed by atoms with van der Waals surface area (Å²) in [6.07, 6.45) is 4.17. The Hall–Kier alpha value is -2.27. The summed E-state index contributed by atoms with van der Waals surface area (Å²) in [5.74, 6) is -0.184. The van der Waals surface area contributed by atoms with E-state index in [0.29, 0.717) is 6.04 Å². The predicted octanol–water partition coefficient (Wildman–Crippen LogP) is 3.98. The van der Waals surface area contributed by atoms with E-state index in [4.69, 9.17) is 0 Å². The highest BCUT2D eigenvalue weighted by Crippen LogP contribution is 2.27. The summed E-state index contributed by atoms with van der Waals surface area (Å²) in [7, 11) is 0. The molecule has 3 rings (SSSR count). The molecule has 2 aromatic carbocycles. The molecule has 2 aromatic rings. The van der Waals surface area contributed by atoms with Crippen molar-refractivity contribution < 1.29 is 9.31 Å². The number of non-ortho nitro benzene ring substituents is 1. The second-order valence-corrected chi connectivity index (χ2v) is 6.32. The van der Waals surface area contributed by atoms with Gasteiger partial charge in [0.15, 0.2) is 0 Å². The third kappa shape index (κ3) is 4.61. The smallest absolute Gasteiger partial charge is 0.269 e. The monoisotopic (exact) mass is 328 g/mol. The highest BCUT2D eigenvalue weighted by Gasteiger charge is 2.28. The first-order chi connectivity index (χ1) is 11.6. The average Bonchev–Trinajstić information content (AvgIpc) is 3.40. The summed E-state index contributed by atoms with van der Waals surface area (Å²) in [6, 6.07) is 14.2. The van der Waals surface area contributed by atoms with E-state index in [1.54, 1.807) is 24.3 Å². The standard InChI is InChI=1S/C19H21FN2O2/c20-17-3-1-2-16(14-17)11-13-21(18-8-9-18)12-10-15-4-6-19(7-5-15)22(23)24/h1-7,14,18H,8-13H2. The fraction of sp³-hybridized carbons (Fsp3) is 0.368. The Morgan fingerprint density at radius 3 is 2.29 bits per heavy atom.